The normalized spacial score (nSPS) is 18.5. The highest BCUT2D eigenvalue weighted by atomic mass is 16.5. The van der Waals surface area contributed by atoms with Gasteiger partial charge >= 0.3 is 0 Å². The monoisotopic (exact) mass is 302 g/mol. The van der Waals surface area contributed by atoms with Gasteiger partial charge in [-0.3, -0.25) is 4.79 Å². The van der Waals surface area contributed by atoms with Gasteiger partial charge in [0.05, 0.1) is 17.5 Å². The highest BCUT2D eigenvalue weighted by molar-refractivity contribution is 5.99. The summed E-state index contributed by atoms with van der Waals surface area (Å²) in [6.07, 6.45) is 5.91. The number of fused-ring (bicyclic) bond motifs is 1. The fourth-order valence-corrected chi connectivity index (χ4v) is 2.85. The molecule has 118 valence electrons. The van der Waals surface area contributed by atoms with Gasteiger partial charge in [0.15, 0.2) is 12.5 Å². The van der Waals surface area contributed by atoms with E-state index < -0.39 is 0 Å². The van der Waals surface area contributed by atoms with Gasteiger partial charge in [-0.2, -0.15) is 5.10 Å². The zero-order chi connectivity index (χ0) is 15.4. The summed E-state index contributed by atoms with van der Waals surface area (Å²) in [6, 6.07) is 5.82. The summed E-state index contributed by atoms with van der Waals surface area (Å²) in [5, 5.41) is 5.26. The minimum atomic E-state index is -0.0872. The molecule has 2 heterocycles. The Bertz CT molecular complexity index is 645. The molecule has 1 saturated heterocycles. The molecule has 1 atom stereocenters. The molecule has 3 rings (SSSR count). The van der Waals surface area contributed by atoms with Crippen molar-refractivity contribution in [1.82, 2.24) is 9.78 Å². The first-order valence-corrected chi connectivity index (χ1v) is 8.06. The number of benzene rings is 1. The highest BCUT2D eigenvalue weighted by Crippen LogP contribution is 2.32. The standard InChI is InChI=1S/C17H22N2O3/c1-2-3-10-21-15-8-6-7-14-17(15)13(12-20)18-19(14)16-9-4-5-11-22-16/h6-8,12,16H,2-5,9-11H2,1H3. The number of nitrogens with zero attached hydrogens (tertiary/aromatic N) is 2. The van der Waals surface area contributed by atoms with Crippen LogP contribution in [0.25, 0.3) is 10.9 Å². The number of carbonyl (C=O) groups excluding carboxylic acids is 1. The molecule has 22 heavy (non-hydrogen) atoms. The average Bonchev–Trinajstić information content (AvgIpc) is 2.95. The van der Waals surface area contributed by atoms with E-state index in [1.165, 1.54) is 0 Å². The summed E-state index contributed by atoms with van der Waals surface area (Å²) < 4.78 is 13.5. The summed E-state index contributed by atoms with van der Waals surface area (Å²) in [5.41, 5.74) is 1.33. The van der Waals surface area contributed by atoms with Crippen LogP contribution in [0.5, 0.6) is 5.75 Å². The van der Waals surface area contributed by atoms with E-state index in [0.717, 1.165) is 61.6 Å². The molecule has 0 amide bonds. The Kier molecular flexibility index (Phi) is 4.73. The lowest BCUT2D eigenvalue weighted by atomic mass is 10.1. The molecular formula is C17H22N2O3. The molecule has 1 aliphatic rings. The summed E-state index contributed by atoms with van der Waals surface area (Å²) >= 11 is 0. The molecule has 5 heteroatoms. The molecule has 0 saturated carbocycles. The van der Waals surface area contributed by atoms with Crippen LogP contribution in [0, 0.1) is 0 Å². The van der Waals surface area contributed by atoms with E-state index in [4.69, 9.17) is 9.47 Å². The maximum absolute atomic E-state index is 11.4. The van der Waals surface area contributed by atoms with Gasteiger partial charge in [0.1, 0.15) is 11.4 Å². The SMILES string of the molecule is CCCCOc1cccc2c1c(C=O)nn2C1CCCCO1. The van der Waals surface area contributed by atoms with E-state index in [9.17, 15) is 4.79 Å². The van der Waals surface area contributed by atoms with Crippen molar-refractivity contribution >= 4 is 17.2 Å². The van der Waals surface area contributed by atoms with Gasteiger partial charge in [-0.1, -0.05) is 19.4 Å². The predicted octanol–water partition coefficient (Wildman–Crippen LogP) is 3.73. The second-order valence-electron chi connectivity index (χ2n) is 5.62. The van der Waals surface area contributed by atoms with Gasteiger partial charge in [0, 0.05) is 6.61 Å². The third kappa shape index (κ3) is 2.86. The van der Waals surface area contributed by atoms with Crippen molar-refractivity contribution < 1.29 is 14.3 Å². The van der Waals surface area contributed by atoms with Crippen molar-refractivity contribution in [2.75, 3.05) is 13.2 Å². The molecule has 2 aromatic rings. The first kappa shape index (κ1) is 15.0. The Labute approximate surface area is 130 Å². The van der Waals surface area contributed by atoms with Crippen LogP contribution in [0.15, 0.2) is 18.2 Å². The van der Waals surface area contributed by atoms with Gasteiger partial charge < -0.3 is 9.47 Å². The lowest BCUT2D eigenvalue weighted by Crippen LogP contribution is -2.19. The van der Waals surface area contributed by atoms with E-state index in [1.54, 1.807) is 0 Å². The van der Waals surface area contributed by atoms with E-state index in [0.29, 0.717) is 12.3 Å². The third-order valence-corrected chi connectivity index (χ3v) is 4.02. The molecule has 1 aromatic carbocycles. The number of ether oxygens (including phenoxy) is 2. The maximum atomic E-state index is 11.4. The van der Waals surface area contributed by atoms with Crippen LogP contribution in [0.2, 0.25) is 0 Å². The minimum absolute atomic E-state index is 0.0872. The van der Waals surface area contributed by atoms with Gasteiger partial charge in [0.2, 0.25) is 0 Å². The highest BCUT2D eigenvalue weighted by Gasteiger charge is 2.22. The molecule has 0 spiro atoms. The molecule has 0 bridgehead atoms. The molecule has 0 aliphatic carbocycles. The molecule has 1 fully saturated rings. The van der Waals surface area contributed by atoms with Crippen LogP contribution in [0.4, 0.5) is 0 Å². The Balaban J connectivity index is 2.00. The van der Waals surface area contributed by atoms with Crippen molar-refractivity contribution in [3.05, 3.63) is 23.9 Å². The third-order valence-electron chi connectivity index (χ3n) is 4.02. The van der Waals surface area contributed by atoms with Gasteiger partial charge in [-0.05, 0) is 37.8 Å². The zero-order valence-corrected chi connectivity index (χ0v) is 13.0. The van der Waals surface area contributed by atoms with Crippen molar-refractivity contribution in [2.24, 2.45) is 0 Å². The Morgan fingerprint density at radius 2 is 2.36 bits per heavy atom. The molecular weight excluding hydrogens is 280 g/mol. The smallest absolute Gasteiger partial charge is 0.171 e. The fourth-order valence-electron chi connectivity index (χ4n) is 2.85. The fraction of sp³-hybridized carbons (Fsp3) is 0.529. The number of unbranched alkanes of at least 4 members (excludes halogenated alkanes) is 1. The molecule has 1 unspecified atom stereocenters. The molecule has 1 aromatic heterocycles. The Hall–Kier alpha value is -1.88. The van der Waals surface area contributed by atoms with Gasteiger partial charge in [-0.25, -0.2) is 4.68 Å². The van der Waals surface area contributed by atoms with Crippen molar-refractivity contribution in [3.8, 4) is 5.75 Å². The van der Waals surface area contributed by atoms with E-state index in [1.807, 2.05) is 22.9 Å². The molecule has 1 aliphatic heterocycles. The van der Waals surface area contributed by atoms with Crippen LogP contribution in [0.1, 0.15) is 55.7 Å². The van der Waals surface area contributed by atoms with E-state index in [-0.39, 0.29) is 6.23 Å². The molecule has 0 radical (unpaired) electrons. The second-order valence-corrected chi connectivity index (χ2v) is 5.62. The van der Waals surface area contributed by atoms with Crippen LogP contribution in [-0.2, 0) is 4.74 Å². The second kappa shape index (κ2) is 6.92. The van der Waals surface area contributed by atoms with Crippen LogP contribution in [0.3, 0.4) is 0 Å². The topological polar surface area (TPSA) is 53.3 Å². The van der Waals surface area contributed by atoms with Crippen LogP contribution in [-0.4, -0.2) is 29.3 Å². The zero-order valence-electron chi connectivity index (χ0n) is 13.0. The Morgan fingerprint density at radius 3 is 3.09 bits per heavy atom. The number of carbonyl (C=O) groups is 1. The average molecular weight is 302 g/mol. The Morgan fingerprint density at radius 1 is 1.45 bits per heavy atom. The first-order valence-electron chi connectivity index (χ1n) is 8.06. The summed E-state index contributed by atoms with van der Waals surface area (Å²) in [6.45, 7) is 3.52. The summed E-state index contributed by atoms with van der Waals surface area (Å²) in [7, 11) is 0. The van der Waals surface area contributed by atoms with E-state index >= 15 is 0 Å². The number of hydrogen-bond donors (Lipinski definition) is 0. The van der Waals surface area contributed by atoms with E-state index in [2.05, 4.69) is 12.0 Å². The van der Waals surface area contributed by atoms with Crippen molar-refractivity contribution in [2.45, 2.75) is 45.3 Å². The quantitative estimate of drug-likeness (QED) is 0.602. The lowest BCUT2D eigenvalue weighted by Gasteiger charge is -2.23. The largest absolute Gasteiger partial charge is 0.493 e. The number of aldehydes is 1. The molecule has 5 nitrogen and oxygen atoms in total. The number of aromatic nitrogens is 2. The first-order chi connectivity index (χ1) is 10.8. The number of hydrogen-bond acceptors (Lipinski definition) is 4. The predicted molar refractivity (Wildman–Crippen MR) is 84.4 cm³/mol. The lowest BCUT2D eigenvalue weighted by molar-refractivity contribution is -0.0367. The molecule has 0 N–H and O–H groups in total. The van der Waals surface area contributed by atoms with Gasteiger partial charge in [-0.15, -0.1) is 0 Å². The summed E-state index contributed by atoms with van der Waals surface area (Å²) in [5.74, 6) is 0.732. The van der Waals surface area contributed by atoms with Crippen molar-refractivity contribution in [1.29, 1.82) is 0 Å². The van der Waals surface area contributed by atoms with Crippen LogP contribution >= 0.6 is 0 Å². The van der Waals surface area contributed by atoms with Crippen LogP contribution < -0.4 is 4.74 Å². The van der Waals surface area contributed by atoms with Crippen molar-refractivity contribution in [3.63, 3.8) is 0 Å². The number of rotatable bonds is 6. The maximum Gasteiger partial charge on any atom is 0.171 e. The van der Waals surface area contributed by atoms with Gasteiger partial charge in [0.25, 0.3) is 0 Å². The summed E-state index contributed by atoms with van der Waals surface area (Å²) in [4.78, 5) is 11.4. The minimum Gasteiger partial charge on any atom is -0.493 e.